The van der Waals surface area contributed by atoms with Crippen LogP contribution >= 0.6 is 0 Å². The van der Waals surface area contributed by atoms with Crippen molar-refractivity contribution in [1.82, 2.24) is 0 Å². The van der Waals surface area contributed by atoms with Crippen LogP contribution in [0.15, 0.2) is 127 Å². The summed E-state index contributed by atoms with van der Waals surface area (Å²) in [5, 5.41) is 84.3. The second-order valence-corrected chi connectivity index (χ2v) is 39.1. The first-order valence-corrected chi connectivity index (χ1v) is 34.8. The maximum absolute atomic E-state index is 11.4. The number of nitrogens with zero attached hydrogens (tertiary/aromatic N) is 2. The van der Waals surface area contributed by atoms with Crippen molar-refractivity contribution >= 4 is 113 Å². The molecule has 11 heteroatoms. The van der Waals surface area contributed by atoms with Crippen molar-refractivity contribution < 1.29 is 35.7 Å². The van der Waals surface area contributed by atoms with Gasteiger partial charge in [0.15, 0.2) is 0 Å². The van der Waals surface area contributed by atoms with Crippen LogP contribution in [0, 0.1) is 0 Å². The van der Waals surface area contributed by atoms with Gasteiger partial charge in [0.25, 0.3) is 0 Å². The van der Waals surface area contributed by atoms with Gasteiger partial charge in [-0.05, 0) is 0 Å². The molecule has 0 aliphatic heterocycles. The third-order valence-electron chi connectivity index (χ3n) is 11.8. The molecule has 9 aromatic rings. The molecule has 0 radical (unpaired) electrons. The predicted molar refractivity (Wildman–Crippen MR) is 255 cm³/mol. The summed E-state index contributed by atoms with van der Waals surface area (Å²) in [4.78, 5) is 3.55. The van der Waals surface area contributed by atoms with Crippen LogP contribution in [0.3, 0.4) is 0 Å². The molecule has 9 aromatic carbocycles. The van der Waals surface area contributed by atoms with Crippen LogP contribution in [0.4, 0.5) is 34.1 Å². The molecule has 0 spiro atoms. The number of aromatic hydroxyl groups is 7. The Balaban J connectivity index is 1.32. The zero-order chi connectivity index (χ0) is 43.3. The second-order valence-electron chi connectivity index (χ2n) is 17.8. The summed E-state index contributed by atoms with van der Waals surface area (Å²) in [6.07, 6.45) is 0. The molecule has 0 atom stereocenters. The van der Waals surface area contributed by atoms with E-state index in [1.165, 1.54) is 20.9 Å². The third kappa shape index (κ3) is 6.54. The Morgan fingerprint density at radius 2 is 0.738 bits per heavy atom. The Morgan fingerprint density at radius 3 is 1.16 bits per heavy atom. The first-order chi connectivity index (χ1) is 28.9. The number of benzene rings is 9. The van der Waals surface area contributed by atoms with Crippen LogP contribution in [-0.2, 0) is 0 Å². The molecule has 0 aromatic heterocycles. The number of phenolic OH excluding ortho intramolecular Hbond substituents is 7. The zero-order valence-corrected chi connectivity index (χ0v) is 38.8. The Kier molecular flexibility index (Phi) is 9.41. The molecule has 9 rings (SSSR count). The summed E-state index contributed by atoms with van der Waals surface area (Å²) < 4.78 is 2.57. The minimum atomic E-state index is -2.24. The molecule has 0 aliphatic carbocycles. The Hall–Kier alpha value is -6.43. The SMILES string of the molecule is [CH3][Ge]([CH3])([CH3])[c]1ccc(N(c2c(O)cc(O)cc2O)c2ccc3c4cccc5c(N(c6cc[c]([Ge]([CH3])([CH3])[CH3])cc6)c6c(O)cc(O)c(O)c6O)ccc(c6cccc2c36)c54)cc1. The van der Waals surface area contributed by atoms with Crippen molar-refractivity contribution in [3.63, 3.8) is 0 Å². The summed E-state index contributed by atoms with van der Waals surface area (Å²) in [6.45, 7) is 0. The molecule has 0 heterocycles. The monoisotopic (exact) mass is 934 g/mol. The molecule has 0 fully saturated rings. The fourth-order valence-electron chi connectivity index (χ4n) is 8.73. The van der Waals surface area contributed by atoms with Crippen molar-refractivity contribution in [3.8, 4) is 40.2 Å². The first-order valence-electron chi connectivity index (χ1n) is 20.1. The Morgan fingerprint density at radius 1 is 0.361 bits per heavy atom. The van der Waals surface area contributed by atoms with E-state index in [4.69, 9.17) is 0 Å². The van der Waals surface area contributed by atoms with Gasteiger partial charge in [0.05, 0.1) is 0 Å². The van der Waals surface area contributed by atoms with Crippen LogP contribution in [0.25, 0.3) is 43.1 Å². The van der Waals surface area contributed by atoms with Crippen LogP contribution in [-0.4, -0.2) is 62.3 Å². The fraction of sp³-hybridized carbons (Fsp3) is 0.120. The van der Waals surface area contributed by atoms with E-state index < -0.39 is 49.5 Å². The summed E-state index contributed by atoms with van der Waals surface area (Å²) in [7, 11) is 0. The van der Waals surface area contributed by atoms with Crippen molar-refractivity contribution in [1.29, 1.82) is 0 Å². The molecule has 9 nitrogen and oxygen atoms in total. The van der Waals surface area contributed by atoms with E-state index in [2.05, 4.69) is 77.0 Å². The number of anilines is 6. The molecule has 0 aliphatic rings. The standard InChI is InChI=1S/C50H46Ge2N2O7/c1-51(2,3)28-13-17-30(18-14-28)53(47-41(56)25-32(55)26-42(47)57)39-23-21-35-34-10-8-12-38-40(24-22-36(46(34)38)33-9-7-11-37(39)45(33)35)54(31-19-15-29(16-20-31)52(4,5)6)48-43(58)27-44(59)49(60)50(48)61/h7-27,55-61H,1-6H3. The molecule has 0 amide bonds. The van der Waals surface area contributed by atoms with Gasteiger partial charge in [0.1, 0.15) is 0 Å². The van der Waals surface area contributed by atoms with E-state index in [0.29, 0.717) is 17.1 Å². The van der Waals surface area contributed by atoms with Crippen molar-refractivity contribution in [3.05, 3.63) is 127 Å². The Bertz CT molecular complexity index is 3150. The van der Waals surface area contributed by atoms with E-state index in [1.807, 2.05) is 71.6 Å². The van der Waals surface area contributed by atoms with Crippen LogP contribution in [0.2, 0.25) is 34.5 Å². The van der Waals surface area contributed by atoms with Gasteiger partial charge in [-0.1, -0.05) is 0 Å². The molecular weight excluding hydrogens is 886 g/mol. The van der Waals surface area contributed by atoms with E-state index in [9.17, 15) is 35.7 Å². The average Bonchev–Trinajstić information content (AvgIpc) is 3.21. The predicted octanol–water partition coefficient (Wildman–Crippen LogP) is 11.7. The van der Waals surface area contributed by atoms with Crippen LogP contribution in [0.5, 0.6) is 40.2 Å². The van der Waals surface area contributed by atoms with Gasteiger partial charge in [0, 0.05) is 0 Å². The number of hydrogen-bond acceptors (Lipinski definition) is 9. The van der Waals surface area contributed by atoms with E-state index in [0.717, 1.165) is 54.8 Å². The van der Waals surface area contributed by atoms with Crippen LogP contribution < -0.4 is 18.6 Å². The summed E-state index contributed by atoms with van der Waals surface area (Å²) in [6, 6.07) is 40.0. The maximum atomic E-state index is 11.4. The molecule has 61 heavy (non-hydrogen) atoms. The molecular formula is C50H46Ge2N2O7. The zero-order valence-electron chi connectivity index (χ0n) is 34.6. The molecule has 7 N–H and O–H groups in total. The van der Waals surface area contributed by atoms with E-state index in [1.54, 1.807) is 4.90 Å². The average molecular weight is 932 g/mol. The van der Waals surface area contributed by atoms with Crippen LogP contribution in [0.1, 0.15) is 0 Å². The molecule has 306 valence electrons. The molecule has 0 unspecified atom stereocenters. The van der Waals surface area contributed by atoms with E-state index in [-0.39, 0.29) is 28.6 Å². The van der Waals surface area contributed by atoms with Gasteiger partial charge in [-0.25, -0.2) is 0 Å². The minimum absolute atomic E-state index is 0.0801. The molecule has 0 bridgehead atoms. The van der Waals surface area contributed by atoms with E-state index >= 15 is 0 Å². The van der Waals surface area contributed by atoms with Crippen molar-refractivity contribution in [2.24, 2.45) is 0 Å². The number of hydrogen-bond donors (Lipinski definition) is 7. The molecule has 0 saturated carbocycles. The molecule has 0 saturated heterocycles. The number of phenols is 7. The Labute approximate surface area is 358 Å². The quantitative estimate of drug-likeness (QED) is 0.0260. The number of fused-ring (bicyclic) bond motifs is 2. The summed E-state index contributed by atoms with van der Waals surface area (Å²) in [5.41, 5.74) is 2.75. The van der Waals surface area contributed by atoms with Crippen molar-refractivity contribution in [2.45, 2.75) is 34.5 Å². The second kappa shape index (κ2) is 14.3. The van der Waals surface area contributed by atoms with Gasteiger partial charge in [-0.2, -0.15) is 0 Å². The van der Waals surface area contributed by atoms with Crippen molar-refractivity contribution in [2.75, 3.05) is 9.80 Å². The third-order valence-corrected chi connectivity index (χ3v) is 20.5. The van der Waals surface area contributed by atoms with Gasteiger partial charge in [0.2, 0.25) is 0 Å². The van der Waals surface area contributed by atoms with Gasteiger partial charge in [-0.3, -0.25) is 0 Å². The fourth-order valence-corrected chi connectivity index (χ4v) is 13.6. The first kappa shape index (κ1) is 40.0. The van der Waals surface area contributed by atoms with Gasteiger partial charge in [-0.15, -0.1) is 0 Å². The van der Waals surface area contributed by atoms with Gasteiger partial charge >= 0.3 is 360 Å². The summed E-state index contributed by atoms with van der Waals surface area (Å²) >= 11 is -4.44. The topological polar surface area (TPSA) is 148 Å². The normalized spacial score (nSPS) is 12.2. The summed E-state index contributed by atoms with van der Waals surface area (Å²) in [5.74, 6) is 10.6. The van der Waals surface area contributed by atoms with Gasteiger partial charge < -0.3 is 0 Å². The number of rotatable bonds is 8.